The van der Waals surface area contributed by atoms with Gasteiger partial charge in [0.1, 0.15) is 6.10 Å². The molecule has 0 amide bonds. The molecule has 1 heterocycles. The average molecular weight is 495 g/mol. The second-order valence-electron chi connectivity index (χ2n) is 10.1. The summed E-state index contributed by atoms with van der Waals surface area (Å²) in [5.74, 6) is -0.0264. The molecule has 1 N–H and O–H groups in total. The maximum Gasteiger partial charge on any atom is 0.338 e. The van der Waals surface area contributed by atoms with Crippen molar-refractivity contribution in [1.29, 1.82) is 0 Å². The molecule has 5 atom stereocenters. The Kier molecular flexibility index (Phi) is 9.54. The number of benzene rings is 2. The Morgan fingerprint density at radius 1 is 1.03 bits per heavy atom. The Hall–Kier alpha value is -2.70. The van der Waals surface area contributed by atoms with E-state index < -0.39 is 0 Å². The van der Waals surface area contributed by atoms with Crippen LogP contribution < -0.4 is 0 Å². The number of carbonyl (C=O) groups excluding carboxylic acids is 2. The summed E-state index contributed by atoms with van der Waals surface area (Å²) in [4.78, 5) is 24.6. The lowest BCUT2D eigenvalue weighted by Gasteiger charge is -2.23. The second kappa shape index (κ2) is 13.0. The minimum atomic E-state index is -0.359. The van der Waals surface area contributed by atoms with E-state index in [9.17, 15) is 14.7 Å². The van der Waals surface area contributed by atoms with Crippen LogP contribution in [0.1, 0.15) is 62.2 Å². The van der Waals surface area contributed by atoms with Crippen LogP contribution in [0.3, 0.4) is 0 Å². The average Bonchev–Trinajstić information content (AvgIpc) is 3.12. The van der Waals surface area contributed by atoms with Gasteiger partial charge < -0.3 is 19.3 Å². The highest BCUT2D eigenvalue weighted by atomic mass is 16.6. The molecular formula is C30H38O6. The predicted molar refractivity (Wildman–Crippen MR) is 137 cm³/mol. The van der Waals surface area contributed by atoms with Gasteiger partial charge >= 0.3 is 11.9 Å². The number of ether oxygens (including phenoxy) is 3. The molecule has 2 aliphatic rings. The first-order valence-electron chi connectivity index (χ1n) is 13.3. The van der Waals surface area contributed by atoms with Gasteiger partial charge in [0.25, 0.3) is 0 Å². The zero-order valence-electron chi connectivity index (χ0n) is 21.1. The van der Waals surface area contributed by atoms with Gasteiger partial charge in [0.15, 0.2) is 0 Å². The molecule has 6 heteroatoms. The van der Waals surface area contributed by atoms with Crippen LogP contribution in [-0.4, -0.2) is 49.1 Å². The maximum atomic E-state index is 12.9. The molecule has 1 aliphatic heterocycles. The number of carbonyl (C=O) groups is 2. The highest BCUT2D eigenvalue weighted by Gasteiger charge is 2.46. The van der Waals surface area contributed by atoms with Crippen molar-refractivity contribution < 1.29 is 28.9 Å². The van der Waals surface area contributed by atoms with Crippen molar-refractivity contribution in [2.75, 3.05) is 19.8 Å². The Labute approximate surface area is 214 Å². The normalized spacial score (nSPS) is 25.6. The van der Waals surface area contributed by atoms with Gasteiger partial charge in [0.2, 0.25) is 0 Å². The summed E-state index contributed by atoms with van der Waals surface area (Å²) in [5, 5.41) is 10.2. The molecule has 4 rings (SSSR count). The number of rotatable bonds is 10. The third kappa shape index (κ3) is 6.74. The van der Waals surface area contributed by atoms with Crippen molar-refractivity contribution in [3.8, 4) is 11.1 Å². The lowest BCUT2D eigenvalue weighted by molar-refractivity contribution is -0.143. The van der Waals surface area contributed by atoms with Gasteiger partial charge in [-0.05, 0) is 67.2 Å². The molecule has 2 aromatic carbocycles. The molecule has 0 bridgehead atoms. The summed E-state index contributed by atoms with van der Waals surface area (Å²) in [6, 6.07) is 17.5. The van der Waals surface area contributed by atoms with E-state index in [0.29, 0.717) is 37.5 Å². The standard InChI is InChI=1S/C30H38O6/c1-2-17-34-29(32)10-6-7-21-11-16-25-26(19-31)28(18-27(25)35-20-21)36-30(33)24-14-12-23(13-15-24)22-8-4-3-5-9-22/h3-5,8-9,12-15,21,25-28,31H,2,6-7,10-11,16-20H2,1H3. The van der Waals surface area contributed by atoms with Crippen LogP contribution in [0.5, 0.6) is 0 Å². The Morgan fingerprint density at radius 3 is 2.50 bits per heavy atom. The molecule has 194 valence electrons. The molecule has 1 saturated carbocycles. The highest BCUT2D eigenvalue weighted by Crippen LogP contribution is 2.42. The number of aliphatic hydroxyl groups excluding tert-OH is 1. The minimum Gasteiger partial charge on any atom is -0.466 e. The van der Waals surface area contributed by atoms with Gasteiger partial charge in [-0.25, -0.2) is 4.79 Å². The SMILES string of the molecule is CCCOC(=O)CCCC1CCC2C(CC(OC(=O)c3ccc(-c4ccccc4)cc3)C2CO)OC1. The van der Waals surface area contributed by atoms with Crippen LogP contribution in [0, 0.1) is 17.8 Å². The number of fused-ring (bicyclic) bond motifs is 1. The third-order valence-electron chi connectivity index (χ3n) is 7.58. The fourth-order valence-corrected chi connectivity index (χ4v) is 5.57. The second-order valence-corrected chi connectivity index (χ2v) is 10.1. The van der Waals surface area contributed by atoms with E-state index in [2.05, 4.69) is 0 Å². The van der Waals surface area contributed by atoms with Gasteiger partial charge in [0, 0.05) is 32.0 Å². The first-order chi connectivity index (χ1) is 17.6. The third-order valence-corrected chi connectivity index (χ3v) is 7.58. The van der Waals surface area contributed by atoms with E-state index in [1.54, 1.807) is 12.1 Å². The summed E-state index contributed by atoms with van der Waals surface area (Å²) in [5.41, 5.74) is 2.65. The van der Waals surface area contributed by atoms with Crippen LogP contribution in [0.25, 0.3) is 11.1 Å². The molecule has 2 fully saturated rings. The number of aliphatic hydroxyl groups is 1. The Balaban J connectivity index is 1.28. The zero-order chi connectivity index (χ0) is 25.3. The lowest BCUT2D eigenvalue weighted by atomic mass is 9.87. The lowest BCUT2D eigenvalue weighted by Crippen LogP contribution is -2.28. The Bertz CT molecular complexity index is 973. The summed E-state index contributed by atoms with van der Waals surface area (Å²) in [6.07, 6.45) is 5.20. The fraction of sp³-hybridized carbons (Fsp3) is 0.533. The maximum absolute atomic E-state index is 12.9. The van der Waals surface area contributed by atoms with E-state index in [0.717, 1.165) is 43.2 Å². The van der Waals surface area contributed by atoms with Crippen molar-refractivity contribution in [2.45, 2.75) is 64.1 Å². The first kappa shape index (κ1) is 26.4. The molecule has 5 unspecified atom stereocenters. The minimum absolute atomic E-state index is 0.0140. The zero-order valence-corrected chi connectivity index (χ0v) is 21.1. The van der Waals surface area contributed by atoms with Gasteiger partial charge in [-0.3, -0.25) is 4.79 Å². The molecule has 6 nitrogen and oxygen atoms in total. The van der Waals surface area contributed by atoms with Crippen molar-refractivity contribution in [1.82, 2.24) is 0 Å². The predicted octanol–water partition coefficient (Wildman–Crippen LogP) is 5.43. The molecular weight excluding hydrogens is 456 g/mol. The summed E-state index contributed by atoms with van der Waals surface area (Å²) >= 11 is 0. The topological polar surface area (TPSA) is 82.1 Å². The van der Waals surface area contributed by atoms with E-state index in [1.807, 2.05) is 49.4 Å². The van der Waals surface area contributed by atoms with Gasteiger partial charge in [-0.2, -0.15) is 0 Å². The van der Waals surface area contributed by atoms with Crippen molar-refractivity contribution in [3.05, 3.63) is 60.2 Å². The quantitative estimate of drug-likeness (QED) is 0.444. The van der Waals surface area contributed by atoms with Gasteiger partial charge in [-0.1, -0.05) is 49.4 Å². The van der Waals surface area contributed by atoms with E-state index in [1.165, 1.54) is 0 Å². The Morgan fingerprint density at radius 2 is 1.78 bits per heavy atom. The van der Waals surface area contributed by atoms with E-state index in [4.69, 9.17) is 14.2 Å². The van der Waals surface area contributed by atoms with Gasteiger partial charge in [-0.15, -0.1) is 0 Å². The molecule has 0 radical (unpaired) electrons. The highest BCUT2D eigenvalue weighted by molar-refractivity contribution is 5.90. The van der Waals surface area contributed by atoms with E-state index >= 15 is 0 Å². The van der Waals surface area contributed by atoms with Crippen molar-refractivity contribution in [3.63, 3.8) is 0 Å². The number of esters is 2. The van der Waals surface area contributed by atoms with Crippen LogP contribution in [0.15, 0.2) is 54.6 Å². The van der Waals surface area contributed by atoms with Crippen LogP contribution in [0.2, 0.25) is 0 Å². The van der Waals surface area contributed by atoms with Crippen LogP contribution in [-0.2, 0) is 19.0 Å². The summed E-state index contributed by atoms with van der Waals surface area (Å²) < 4.78 is 17.3. The smallest absolute Gasteiger partial charge is 0.338 e. The number of hydrogen-bond acceptors (Lipinski definition) is 6. The van der Waals surface area contributed by atoms with Crippen molar-refractivity contribution in [2.24, 2.45) is 17.8 Å². The van der Waals surface area contributed by atoms with Gasteiger partial charge in [0.05, 0.1) is 18.3 Å². The number of hydrogen-bond donors (Lipinski definition) is 1. The fourth-order valence-electron chi connectivity index (χ4n) is 5.57. The monoisotopic (exact) mass is 494 g/mol. The van der Waals surface area contributed by atoms with Crippen LogP contribution >= 0.6 is 0 Å². The first-order valence-corrected chi connectivity index (χ1v) is 13.3. The molecule has 0 aromatic heterocycles. The summed E-state index contributed by atoms with van der Waals surface area (Å²) in [6.45, 7) is 3.09. The molecule has 1 saturated heterocycles. The summed E-state index contributed by atoms with van der Waals surface area (Å²) in [7, 11) is 0. The van der Waals surface area contributed by atoms with E-state index in [-0.39, 0.29) is 42.6 Å². The molecule has 0 spiro atoms. The molecule has 36 heavy (non-hydrogen) atoms. The van der Waals surface area contributed by atoms with Crippen molar-refractivity contribution >= 4 is 11.9 Å². The molecule has 2 aromatic rings. The van der Waals surface area contributed by atoms with Crippen LogP contribution in [0.4, 0.5) is 0 Å². The largest absolute Gasteiger partial charge is 0.466 e. The molecule has 1 aliphatic carbocycles.